The Morgan fingerprint density at radius 2 is 1.47 bits per heavy atom. The van der Waals surface area contributed by atoms with Crippen LogP contribution in [0.5, 0.6) is 0 Å². The van der Waals surface area contributed by atoms with Gasteiger partial charge in [-0.25, -0.2) is 4.79 Å². The Kier molecular flexibility index (Phi) is 5.03. The van der Waals surface area contributed by atoms with Gasteiger partial charge < -0.3 is 15.2 Å². The van der Waals surface area contributed by atoms with Gasteiger partial charge in [0.05, 0.1) is 5.41 Å². The molecule has 1 atom stereocenters. The molecule has 0 spiro atoms. The van der Waals surface area contributed by atoms with Crippen LogP contribution in [-0.2, 0) is 9.53 Å². The van der Waals surface area contributed by atoms with Crippen LogP contribution in [0, 0.1) is 11.3 Å². The Bertz CT molecular complexity index is 353. The second-order valence-corrected chi connectivity index (χ2v) is 7.10. The fourth-order valence-electron chi connectivity index (χ4n) is 1.76. The third kappa shape index (κ3) is 5.09. The van der Waals surface area contributed by atoms with Crippen molar-refractivity contribution in [1.29, 1.82) is 0 Å². The second-order valence-electron chi connectivity index (χ2n) is 7.10. The lowest BCUT2D eigenvalue weighted by Gasteiger charge is -2.40. The number of hydrogen-bond donors (Lipinski definition) is 2. The first-order chi connectivity index (χ1) is 8.20. The van der Waals surface area contributed by atoms with E-state index < -0.39 is 28.6 Å². The lowest BCUT2D eigenvalue weighted by molar-refractivity contribution is -0.151. The third-order valence-corrected chi connectivity index (χ3v) is 3.54. The molecule has 0 aliphatic carbocycles. The van der Waals surface area contributed by atoms with Gasteiger partial charge in [-0.3, -0.25) is 4.79 Å². The standard InChI is InChI=1S/C14H27NO4/c1-9(13(5,6)10(16)17)14(7,8)15-11(18)19-12(2,3)4/h9H,1-8H3,(H,15,18)(H,16,17). The quantitative estimate of drug-likeness (QED) is 0.825. The molecule has 0 fully saturated rings. The van der Waals surface area contributed by atoms with Gasteiger partial charge in [0.1, 0.15) is 5.60 Å². The van der Waals surface area contributed by atoms with Gasteiger partial charge in [0.2, 0.25) is 0 Å². The molecule has 0 saturated carbocycles. The summed E-state index contributed by atoms with van der Waals surface area (Å²) in [4.78, 5) is 23.1. The largest absolute Gasteiger partial charge is 0.481 e. The zero-order valence-electron chi connectivity index (χ0n) is 13.2. The average Bonchev–Trinajstić information content (AvgIpc) is 2.11. The van der Waals surface area contributed by atoms with Crippen LogP contribution in [0.2, 0.25) is 0 Å². The zero-order valence-corrected chi connectivity index (χ0v) is 13.2. The fraction of sp³-hybridized carbons (Fsp3) is 0.857. The molecule has 19 heavy (non-hydrogen) atoms. The molecule has 0 aliphatic heterocycles. The molecule has 5 nitrogen and oxygen atoms in total. The number of carboxylic acids is 1. The van der Waals surface area contributed by atoms with E-state index in [4.69, 9.17) is 4.74 Å². The SMILES string of the molecule is CC(C(C)(C)NC(=O)OC(C)(C)C)C(C)(C)C(=O)O. The van der Waals surface area contributed by atoms with Crippen LogP contribution in [0.1, 0.15) is 55.4 Å². The Labute approximate surface area is 115 Å². The van der Waals surface area contributed by atoms with Gasteiger partial charge in [-0.05, 0) is 54.4 Å². The topological polar surface area (TPSA) is 75.6 Å². The van der Waals surface area contributed by atoms with E-state index in [2.05, 4.69) is 5.32 Å². The number of ether oxygens (including phenoxy) is 1. The van der Waals surface area contributed by atoms with Crippen LogP contribution in [0.4, 0.5) is 4.79 Å². The van der Waals surface area contributed by atoms with Crippen molar-refractivity contribution in [2.75, 3.05) is 0 Å². The number of hydrogen-bond acceptors (Lipinski definition) is 3. The molecule has 0 heterocycles. The lowest BCUT2D eigenvalue weighted by Crippen LogP contribution is -2.55. The summed E-state index contributed by atoms with van der Waals surface area (Å²) in [5.41, 5.74) is -2.21. The number of rotatable bonds is 4. The molecule has 0 radical (unpaired) electrons. The molecule has 0 saturated heterocycles. The summed E-state index contributed by atoms with van der Waals surface area (Å²) in [6.45, 7) is 14.1. The van der Waals surface area contributed by atoms with Crippen molar-refractivity contribution in [3.05, 3.63) is 0 Å². The minimum atomic E-state index is -0.946. The summed E-state index contributed by atoms with van der Waals surface area (Å²) in [6.07, 6.45) is -0.537. The molecule has 2 N–H and O–H groups in total. The molecular weight excluding hydrogens is 246 g/mol. The van der Waals surface area contributed by atoms with E-state index in [1.54, 1.807) is 48.5 Å². The predicted molar refractivity (Wildman–Crippen MR) is 74.0 cm³/mol. The van der Waals surface area contributed by atoms with Gasteiger partial charge in [-0.1, -0.05) is 6.92 Å². The van der Waals surface area contributed by atoms with Crippen LogP contribution in [0.25, 0.3) is 0 Å². The van der Waals surface area contributed by atoms with E-state index in [1.807, 2.05) is 6.92 Å². The molecule has 1 amide bonds. The van der Waals surface area contributed by atoms with Crippen molar-refractivity contribution in [3.8, 4) is 0 Å². The van der Waals surface area contributed by atoms with Crippen molar-refractivity contribution in [2.24, 2.45) is 11.3 Å². The van der Waals surface area contributed by atoms with E-state index in [1.165, 1.54) is 0 Å². The zero-order chi connectivity index (χ0) is 15.6. The Hall–Kier alpha value is -1.26. The molecule has 1 unspecified atom stereocenters. The number of nitrogens with one attached hydrogen (secondary N) is 1. The van der Waals surface area contributed by atoms with E-state index in [-0.39, 0.29) is 5.92 Å². The van der Waals surface area contributed by atoms with Crippen LogP contribution in [0.3, 0.4) is 0 Å². The average molecular weight is 273 g/mol. The maximum absolute atomic E-state index is 11.8. The van der Waals surface area contributed by atoms with Gasteiger partial charge >= 0.3 is 12.1 Å². The van der Waals surface area contributed by atoms with E-state index in [9.17, 15) is 14.7 Å². The first kappa shape index (κ1) is 17.7. The maximum atomic E-state index is 11.8. The van der Waals surface area contributed by atoms with Crippen molar-refractivity contribution in [2.45, 2.75) is 66.5 Å². The summed E-state index contributed by atoms with van der Waals surface area (Å²) >= 11 is 0. The molecular formula is C14H27NO4. The molecule has 0 rings (SSSR count). The Balaban J connectivity index is 4.90. The summed E-state index contributed by atoms with van der Waals surface area (Å²) in [5, 5.41) is 12.0. The number of carboxylic acid groups (broad SMARTS) is 1. The third-order valence-electron chi connectivity index (χ3n) is 3.54. The molecule has 0 bridgehead atoms. The smallest absolute Gasteiger partial charge is 0.408 e. The monoisotopic (exact) mass is 273 g/mol. The normalized spacial score (nSPS) is 14.7. The molecule has 0 aromatic carbocycles. The highest BCUT2D eigenvalue weighted by atomic mass is 16.6. The molecule has 0 aromatic heterocycles. The van der Waals surface area contributed by atoms with Crippen LogP contribution in [-0.4, -0.2) is 28.3 Å². The number of carbonyl (C=O) groups is 2. The summed E-state index contributed by atoms with van der Waals surface area (Å²) in [6, 6.07) is 0. The van der Waals surface area contributed by atoms with E-state index in [0.717, 1.165) is 0 Å². The predicted octanol–water partition coefficient (Wildman–Crippen LogP) is 3.04. The molecule has 112 valence electrons. The summed E-state index contributed by atoms with van der Waals surface area (Å²) in [5.74, 6) is -1.16. The lowest BCUT2D eigenvalue weighted by atomic mass is 9.70. The highest BCUT2D eigenvalue weighted by Gasteiger charge is 2.43. The number of carbonyl (C=O) groups excluding carboxylic acids is 1. The number of aliphatic carboxylic acids is 1. The number of alkyl carbamates (subject to hydrolysis) is 1. The highest BCUT2D eigenvalue weighted by molar-refractivity contribution is 5.74. The van der Waals surface area contributed by atoms with E-state index >= 15 is 0 Å². The first-order valence-electron chi connectivity index (χ1n) is 6.44. The van der Waals surface area contributed by atoms with Gasteiger partial charge in [-0.2, -0.15) is 0 Å². The van der Waals surface area contributed by atoms with Crippen LogP contribution in [0.15, 0.2) is 0 Å². The molecule has 0 aliphatic rings. The molecule has 0 aromatic rings. The van der Waals surface area contributed by atoms with Crippen molar-refractivity contribution in [1.82, 2.24) is 5.32 Å². The van der Waals surface area contributed by atoms with Gasteiger partial charge in [0.15, 0.2) is 0 Å². The van der Waals surface area contributed by atoms with Gasteiger partial charge in [0, 0.05) is 5.54 Å². The van der Waals surface area contributed by atoms with Gasteiger partial charge in [0.25, 0.3) is 0 Å². The van der Waals surface area contributed by atoms with Crippen molar-refractivity contribution < 1.29 is 19.4 Å². The summed E-state index contributed by atoms with van der Waals surface area (Å²) in [7, 11) is 0. The van der Waals surface area contributed by atoms with Crippen molar-refractivity contribution in [3.63, 3.8) is 0 Å². The van der Waals surface area contributed by atoms with Gasteiger partial charge in [-0.15, -0.1) is 0 Å². The van der Waals surface area contributed by atoms with Crippen LogP contribution < -0.4 is 5.32 Å². The Morgan fingerprint density at radius 1 is 1.05 bits per heavy atom. The van der Waals surface area contributed by atoms with Crippen LogP contribution >= 0.6 is 0 Å². The minimum Gasteiger partial charge on any atom is -0.481 e. The maximum Gasteiger partial charge on any atom is 0.408 e. The Morgan fingerprint density at radius 3 is 1.79 bits per heavy atom. The first-order valence-corrected chi connectivity index (χ1v) is 6.44. The fourth-order valence-corrected chi connectivity index (χ4v) is 1.76. The highest BCUT2D eigenvalue weighted by Crippen LogP contribution is 2.35. The molecule has 5 heteroatoms. The second kappa shape index (κ2) is 5.39. The number of amides is 1. The summed E-state index contributed by atoms with van der Waals surface area (Å²) < 4.78 is 5.20. The van der Waals surface area contributed by atoms with E-state index in [0.29, 0.717) is 0 Å². The van der Waals surface area contributed by atoms with Crippen molar-refractivity contribution >= 4 is 12.1 Å². The minimum absolute atomic E-state index is 0.273.